The Hall–Kier alpha value is 2.06. The van der Waals surface area contributed by atoms with Crippen LogP contribution in [0, 0.1) is 7.18 Å². The Morgan fingerprint density at radius 3 is 1.40 bits per heavy atom. The fourth-order valence-electron chi connectivity index (χ4n) is 0. The standard InChI is InChI=1S/CH2F.HI.Li.Sn/c1-2;;;/h1H2;1H;;/q-1;;2*+1/p-1. The van der Waals surface area contributed by atoms with Crippen LogP contribution in [-0.2, 0) is 0 Å². The van der Waals surface area contributed by atoms with Gasteiger partial charge in [-0.25, -0.2) is 0 Å². The van der Waals surface area contributed by atoms with Crippen molar-refractivity contribution in [2.24, 2.45) is 0 Å². The Kier molecular flexibility index (Phi) is 115. The van der Waals surface area contributed by atoms with E-state index in [4.69, 9.17) is 0 Å². The molecule has 0 fully saturated rings. The molecule has 0 spiro atoms. The average Bonchev–Trinajstić information content (AvgIpc) is 1.50. The zero-order valence-electron chi connectivity index (χ0n) is 2.96. The molecule has 25 valence electrons. The fraction of sp³-hybridized carbons (Fsp3) is 0. The van der Waals surface area contributed by atoms with Gasteiger partial charge in [0.2, 0.25) is 0 Å². The van der Waals surface area contributed by atoms with Crippen LogP contribution < -0.4 is 18.9 Å². The molecule has 4 heteroatoms. The fourth-order valence-corrected chi connectivity index (χ4v) is 0. The molecule has 0 N–H and O–H groups in total. The van der Waals surface area contributed by atoms with Gasteiger partial charge in [0.25, 0.3) is 0 Å². The first-order valence-electron chi connectivity index (χ1n) is 0.456. The van der Waals surface area contributed by atoms with Gasteiger partial charge in [-0.05, 0) is 0 Å². The normalized spacial score (nSPS) is 2.40. The first-order chi connectivity index (χ1) is 2.00. The molecule has 0 saturated heterocycles. The van der Waals surface area contributed by atoms with Crippen molar-refractivity contribution in [3.05, 3.63) is 7.18 Å². The summed E-state index contributed by atoms with van der Waals surface area (Å²) in [5.41, 5.74) is 0. The van der Waals surface area contributed by atoms with Crippen LogP contribution >= 0.6 is 18.6 Å². The van der Waals surface area contributed by atoms with Crippen molar-refractivity contribution in [2.45, 2.75) is 0 Å². The second kappa shape index (κ2) is 36.6. The number of hydrogen-bond donors (Lipinski definition) is 0. The van der Waals surface area contributed by atoms with Crippen LogP contribution in [0.2, 0.25) is 0 Å². The van der Waals surface area contributed by atoms with Crippen LogP contribution in [0.5, 0.6) is 0 Å². The molecular weight excluding hydrogens is 284 g/mol. The Balaban J connectivity index is -0.0000000133. The van der Waals surface area contributed by atoms with Crippen molar-refractivity contribution in [3.8, 4) is 0 Å². The molecule has 0 bridgehead atoms. The van der Waals surface area contributed by atoms with Crippen molar-refractivity contribution in [1.29, 1.82) is 0 Å². The van der Waals surface area contributed by atoms with E-state index in [0.29, 0.717) is 0 Å². The Morgan fingerprint density at radius 2 is 1.40 bits per heavy atom. The van der Waals surface area contributed by atoms with E-state index >= 15 is 0 Å². The summed E-state index contributed by atoms with van der Waals surface area (Å²) in [6.07, 6.45) is 0. The molecule has 0 atom stereocenters. The molecule has 3 radical (unpaired) electrons. The van der Waals surface area contributed by atoms with Crippen molar-refractivity contribution in [3.63, 3.8) is 0 Å². The van der Waals surface area contributed by atoms with Gasteiger partial charge in [0.15, 0.2) is 0 Å². The predicted octanol–water partition coefficient (Wildman–Crippen LogP) is -1.74. The van der Waals surface area contributed by atoms with Crippen molar-refractivity contribution in [1.82, 2.24) is 0 Å². The quantitative estimate of drug-likeness (QED) is 0.282. The number of rotatable bonds is 0. The van der Waals surface area contributed by atoms with E-state index in [-0.39, 0.29) is 18.9 Å². The van der Waals surface area contributed by atoms with Gasteiger partial charge < -0.3 is 4.39 Å². The Labute approximate surface area is 66.7 Å². The molecule has 0 aliphatic heterocycles. The second-order valence-electron chi connectivity index (χ2n) is 0. The van der Waals surface area contributed by atoms with Crippen LogP contribution in [0.4, 0.5) is 4.39 Å². The molecule has 0 aliphatic rings. The van der Waals surface area contributed by atoms with E-state index in [9.17, 15) is 4.39 Å². The summed E-state index contributed by atoms with van der Waals surface area (Å²) in [5, 5.41) is 0. The zero-order chi connectivity index (χ0) is 4.00. The van der Waals surface area contributed by atoms with E-state index in [1.165, 1.54) is 18.6 Å². The maximum atomic E-state index is 9.25. The summed E-state index contributed by atoms with van der Waals surface area (Å²) >= 11 is 3.76. The van der Waals surface area contributed by atoms with Crippen molar-refractivity contribution in [2.75, 3.05) is 0 Å². The molecule has 0 saturated carbocycles. The Morgan fingerprint density at radius 1 is 1.40 bits per heavy atom. The summed E-state index contributed by atoms with van der Waals surface area (Å²) in [5.74, 6) is 0. The van der Waals surface area contributed by atoms with Gasteiger partial charge >= 0.3 is 56.1 Å². The zero-order valence-corrected chi connectivity index (χ0v) is 7.97. The average molecular weight is 286 g/mol. The van der Waals surface area contributed by atoms with E-state index in [0.717, 1.165) is 0 Å². The molecule has 5 heavy (non-hydrogen) atoms. The van der Waals surface area contributed by atoms with Crippen LogP contribution in [0.3, 0.4) is 0 Å². The third kappa shape index (κ3) is 23.6. The molecule has 0 aliphatic carbocycles. The monoisotopic (exact) mass is 287 g/mol. The van der Waals surface area contributed by atoms with Gasteiger partial charge in [0, 0.05) is 0 Å². The molecule has 0 nitrogen and oxygen atoms in total. The van der Waals surface area contributed by atoms with Crippen LogP contribution in [0.1, 0.15) is 0 Å². The van der Waals surface area contributed by atoms with Crippen molar-refractivity contribution >= 4 is 37.2 Å². The first-order valence-corrected chi connectivity index (χ1v) is 8.77. The van der Waals surface area contributed by atoms with Gasteiger partial charge in [0.05, 0.1) is 0 Å². The molecule has 0 rings (SSSR count). The number of halogens is 2. The molecule has 0 unspecified atom stereocenters. The van der Waals surface area contributed by atoms with Crippen LogP contribution in [0.25, 0.3) is 0 Å². The van der Waals surface area contributed by atoms with Crippen LogP contribution in [0.15, 0.2) is 0 Å². The third-order valence-corrected chi connectivity index (χ3v) is 0. The van der Waals surface area contributed by atoms with Gasteiger partial charge in [-0.15, -0.1) is 0 Å². The summed E-state index contributed by atoms with van der Waals surface area (Å²) < 4.78 is 9.25. The number of hydrogen-bond acceptors (Lipinski definition) is 0. The van der Waals surface area contributed by atoms with Gasteiger partial charge in [-0.3, -0.25) is 0 Å². The third-order valence-electron chi connectivity index (χ3n) is 0. The Bertz CT molecular complexity index is 11.6. The first kappa shape index (κ1) is 15.7. The molecule has 0 aromatic rings. The van der Waals surface area contributed by atoms with E-state index < -0.39 is 0 Å². The minimum absolute atomic E-state index is 0. The molecule has 0 heterocycles. The summed E-state index contributed by atoms with van der Waals surface area (Å²) in [4.78, 5) is 0. The summed E-state index contributed by atoms with van der Waals surface area (Å²) in [6.45, 7) is 0. The minimum atomic E-state index is 0. The topological polar surface area (TPSA) is 0 Å². The van der Waals surface area contributed by atoms with E-state index in [2.05, 4.69) is 18.6 Å². The summed E-state index contributed by atoms with van der Waals surface area (Å²) in [6, 6.07) is 0. The van der Waals surface area contributed by atoms with E-state index in [1.807, 2.05) is 0 Å². The van der Waals surface area contributed by atoms with Crippen LogP contribution in [-0.4, -0.2) is 18.6 Å². The maximum absolute atomic E-state index is 9.25. The summed E-state index contributed by atoms with van der Waals surface area (Å²) in [7, 11) is 1.75. The SMILES string of the molecule is [CH2-]F.[Li+].[Sn][I]. The molecule has 0 aromatic carbocycles. The molecule has 0 amide bonds. The molecular formula is CH2FILiSn. The van der Waals surface area contributed by atoms with Gasteiger partial charge in [-0.2, -0.15) is 7.18 Å². The predicted molar refractivity (Wildman–Crippen MR) is 26.2 cm³/mol. The molecule has 0 aromatic heterocycles. The van der Waals surface area contributed by atoms with Gasteiger partial charge in [0.1, 0.15) is 0 Å². The van der Waals surface area contributed by atoms with Crippen molar-refractivity contribution < 1.29 is 23.3 Å². The van der Waals surface area contributed by atoms with Gasteiger partial charge in [-0.1, -0.05) is 0 Å². The van der Waals surface area contributed by atoms with E-state index in [1.54, 1.807) is 7.18 Å². The second-order valence-corrected chi connectivity index (χ2v) is 0.